The van der Waals surface area contributed by atoms with Gasteiger partial charge >= 0.3 is 0 Å². The highest BCUT2D eigenvalue weighted by Crippen LogP contribution is 2.36. The SMILES string of the molecule is CC(C)NCc1sc(N2CCCC2C)nc1C(C)(C)C. The van der Waals surface area contributed by atoms with E-state index in [4.69, 9.17) is 4.98 Å². The van der Waals surface area contributed by atoms with Crippen molar-refractivity contribution in [1.82, 2.24) is 10.3 Å². The zero-order valence-corrected chi connectivity index (χ0v) is 14.6. The molecule has 1 N–H and O–H groups in total. The number of anilines is 1. The third-order valence-electron chi connectivity index (χ3n) is 3.87. The van der Waals surface area contributed by atoms with Gasteiger partial charge in [0.2, 0.25) is 0 Å². The van der Waals surface area contributed by atoms with Crippen molar-refractivity contribution in [3.8, 4) is 0 Å². The predicted molar refractivity (Wildman–Crippen MR) is 88.8 cm³/mol. The first-order chi connectivity index (χ1) is 9.29. The Labute approximate surface area is 127 Å². The van der Waals surface area contributed by atoms with E-state index in [1.807, 2.05) is 11.3 Å². The zero-order valence-electron chi connectivity index (χ0n) is 13.8. The molecule has 0 radical (unpaired) electrons. The summed E-state index contributed by atoms with van der Waals surface area (Å²) >= 11 is 1.88. The number of nitrogens with one attached hydrogen (secondary N) is 1. The molecule has 0 amide bonds. The summed E-state index contributed by atoms with van der Waals surface area (Å²) in [7, 11) is 0. The third-order valence-corrected chi connectivity index (χ3v) is 4.96. The Bertz CT molecular complexity index is 445. The van der Waals surface area contributed by atoms with Crippen molar-refractivity contribution >= 4 is 16.5 Å². The molecule has 0 spiro atoms. The Balaban J connectivity index is 2.26. The summed E-state index contributed by atoms with van der Waals surface area (Å²) in [4.78, 5) is 8.88. The first kappa shape index (κ1) is 15.8. The Morgan fingerprint density at radius 2 is 2.10 bits per heavy atom. The summed E-state index contributed by atoms with van der Waals surface area (Å²) < 4.78 is 0. The van der Waals surface area contributed by atoms with Crippen molar-refractivity contribution in [2.45, 2.75) is 78.4 Å². The molecule has 1 saturated heterocycles. The molecule has 1 aromatic rings. The quantitative estimate of drug-likeness (QED) is 0.912. The monoisotopic (exact) mass is 295 g/mol. The number of hydrogen-bond donors (Lipinski definition) is 1. The summed E-state index contributed by atoms with van der Waals surface area (Å²) in [5.41, 5.74) is 1.39. The van der Waals surface area contributed by atoms with Crippen LogP contribution in [0.4, 0.5) is 5.13 Å². The molecule has 0 aliphatic carbocycles. The van der Waals surface area contributed by atoms with Crippen LogP contribution in [0.25, 0.3) is 0 Å². The highest BCUT2D eigenvalue weighted by atomic mass is 32.1. The van der Waals surface area contributed by atoms with E-state index in [0.29, 0.717) is 12.1 Å². The second-order valence-electron chi connectivity index (χ2n) is 7.24. The minimum absolute atomic E-state index is 0.117. The van der Waals surface area contributed by atoms with Gasteiger partial charge in [0, 0.05) is 35.5 Å². The van der Waals surface area contributed by atoms with Crippen LogP contribution in [-0.2, 0) is 12.0 Å². The van der Waals surface area contributed by atoms with E-state index >= 15 is 0 Å². The van der Waals surface area contributed by atoms with Crippen LogP contribution in [0, 0.1) is 0 Å². The molecule has 4 heteroatoms. The fourth-order valence-corrected chi connectivity index (χ4v) is 4.03. The maximum absolute atomic E-state index is 5.00. The summed E-state index contributed by atoms with van der Waals surface area (Å²) in [5, 5.41) is 4.76. The Morgan fingerprint density at radius 3 is 2.60 bits per heavy atom. The molecule has 0 bridgehead atoms. The maximum atomic E-state index is 5.00. The van der Waals surface area contributed by atoms with Crippen LogP contribution >= 0.6 is 11.3 Å². The molecule has 20 heavy (non-hydrogen) atoms. The lowest BCUT2D eigenvalue weighted by Gasteiger charge is -2.21. The van der Waals surface area contributed by atoms with Crippen molar-refractivity contribution in [1.29, 1.82) is 0 Å². The van der Waals surface area contributed by atoms with E-state index in [-0.39, 0.29) is 5.41 Å². The summed E-state index contributed by atoms with van der Waals surface area (Å²) in [5.74, 6) is 0. The van der Waals surface area contributed by atoms with Gasteiger partial charge in [0.05, 0.1) is 5.69 Å². The van der Waals surface area contributed by atoms with E-state index < -0.39 is 0 Å². The Kier molecular flexibility index (Phi) is 4.75. The van der Waals surface area contributed by atoms with Crippen molar-refractivity contribution in [2.75, 3.05) is 11.4 Å². The van der Waals surface area contributed by atoms with Crippen LogP contribution in [0.3, 0.4) is 0 Å². The molecule has 1 aliphatic rings. The van der Waals surface area contributed by atoms with Gasteiger partial charge in [-0.25, -0.2) is 4.98 Å². The fourth-order valence-electron chi connectivity index (χ4n) is 2.68. The normalized spacial score (nSPS) is 20.1. The summed E-state index contributed by atoms with van der Waals surface area (Å²) in [6.07, 6.45) is 2.59. The smallest absolute Gasteiger partial charge is 0.186 e. The lowest BCUT2D eigenvalue weighted by atomic mass is 9.91. The van der Waals surface area contributed by atoms with Crippen LogP contribution in [0.1, 0.15) is 65.0 Å². The number of aromatic nitrogens is 1. The number of rotatable bonds is 4. The maximum Gasteiger partial charge on any atom is 0.186 e. The molecular weight excluding hydrogens is 266 g/mol. The van der Waals surface area contributed by atoms with E-state index in [9.17, 15) is 0 Å². The predicted octanol–water partition coefficient (Wildman–Crippen LogP) is 3.93. The van der Waals surface area contributed by atoms with E-state index in [0.717, 1.165) is 13.1 Å². The first-order valence-corrected chi connectivity index (χ1v) is 8.61. The van der Waals surface area contributed by atoms with Crippen LogP contribution in [0.15, 0.2) is 0 Å². The van der Waals surface area contributed by atoms with Gasteiger partial charge in [-0.15, -0.1) is 11.3 Å². The highest BCUT2D eigenvalue weighted by Gasteiger charge is 2.28. The largest absolute Gasteiger partial charge is 0.345 e. The highest BCUT2D eigenvalue weighted by molar-refractivity contribution is 7.15. The van der Waals surface area contributed by atoms with Crippen LogP contribution in [0.5, 0.6) is 0 Å². The molecule has 0 saturated carbocycles. The van der Waals surface area contributed by atoms with Gasteiger partial charge in [-0.1, -0.05) is 34.6 Å². The molecule has 1 atom stereocenters. The molecule has 3 nitrogen and oxygen atoms in total. The second kappa shape index (κ2) is 6.02. The standard InChI is InChI=1S/C16H29N3S/c1-11(2)17-10-13-14(16(4,5)6)18-15(20-13)19-9-7-8-12(19)3/h11-12,17H,7-10H2,1-6H3. The second-order valence-corrected chi connectivity index (χ2v) is 8.30. The lowest BCUT2D eigenvalue weighted by molar-refractivity contribution is 0.545. The topological polar surface area (TPSA) is 28.2 Å². The van der Waals surface area contributed by atoms with Crippen molar-refractivity contribution < 1.29 is 0 Å². The summed E-state index contributed by atoms with van der Waals surface area (Å²) in [6.45, 7) is 15.6. The molecule has 1 fully saturated rings. The van der Waals surface area contributed by atoms with Crippen molar-refractivity contribution in [2.24, 2.45) is 0 Å². The molecule has 1 unspecified atom stereocenters. The van der Waals surface area contributed by atoms with Crippen molar-refractivity contribution in [3.05, 3.63) is 10.6 Å². The van der Waals surface area contributed by atoms with Gasteiger partial charge in [-0.05, 0) is 19.8 Å². The van der Waals surface area contributed by atoms with Crippen LogP contribution in [-0.4, -0.2) is 23.6 Å². The van der Waals surface area contributed by atoms with Gasteiger partial charge in [-0.3, -0.25) is 0 Å². The zero-order chi connectivity index (χ0) is 14.9. The van der Waals surface area contributed by atoms with E-state index in [1.165, 1.54) is 28.5 Å². The van der Waals surface area contributed by atoms with Crippen molar-refractivity contribution in [3.63, 3.8) is 0 Å². The Morgan fingerprint density at radius 1 is 1.40 bits per heavy atom. The lowest BCUT2D eigenvalue weighted by Crippen LogP contribution is -2.26. The fraction of sp³-hybridized carbons (Fsp3) is 0.812. The molecule has 1 aliphatic heterocycles. The van der Waals surface area contributed by atoms with Gasteiger partial charge in [0.1, 0.15) is 0 Å². The van der Waals surface area contributed by atoms with Gasteiger partial charge in [0.15, 0.2) is 5.13 Å². The number of nitrogens with zero attached hydrogens (tertiary/aromatic N) is 2. The van der Waals surface area contributed by atoms with Gasteiger partial charge < -0.3 is 10.2 Å². The molecule has 2 rings (SSSR count). The van der Waals surface area contributed by atoms with Gasteiger partial charge in [0.25, 0.3) is 0 Å². The number of hydrogen-bond acceptors (Lipinski definition) is 4. The molecule has 1 aromatic heterocycles. The average molecular weight is 295 g/mol. The molecule has 2 heterocycles. The van der Waals surface area contributed by atoms with Crippen LogP contribution < -0.4 is 10.2 Å². The average Bonchev–Trinajstić information content (AvgIpc) is 2.91. The molecule has 114 valence electrons. The van der Waals surface area contributed by atoms with Crippen LogP contribution in [0.2, 0.25) is 0 Å². The molecule has 0 aromatic carbocycles. The van der Waals surface area contributed by atoms with Gasteiger partial charge in [-0.2, -0.15) is 0 Å². The molecular formula is C16H29N3S. The third kappa shape index (κ3) is 3.53. The number of thiazole rings is 1. The summed E-state index contributed by atoms with van der Waals surface area (Å²) in [6, 6.07) is 1.15. The minimum Gasteiger partial charge on any atom is -0.345 e. The first-order valence-electron chi connectivity index (χ1n) is 7.79. The van der Waals surface area contributed by atoms with E-state index in [2.05, 4.69) is 51.8 Å². The Hall–Kier alpha value is -0.610. The minimum atomic E-state index is 0.117. The van der Waals surface area contributed by atoms with E-state index in [1.54, 1.807) is 0 Å².